The molecule has 1 amide bonds. The van der Waals surface area contributed by atoms with Crippen molar-refractivity contribution in [3.05, 3.63) is 17.5 Å². The number of rotatable bonds is 2. The Hall–Kier alpha value is -1.65. The summed E-state index contributed by atoms with van der Waals surface area (Å²) < 4.78 is 0. The SMILES string of the molecule is Cc1cc(C(=O)N2CCCCC2)nc(N(C)C)n1. The highest BCUT2D eigenvalue weighted by atomic mass is 16.2. The van der Waals surface area contributed by atoms with Crippen LogP contribution in [0.15, 0.2) is 6.07 Å². The molecule has 5 heteroatoms. The molecule has 1 fully saturated rings. The summed E-state index contributed by atoms with van der Waals surface area (Å²) in [6.45, 7) is 3.58. The normalized spacial score (nSPS) is 15.6. The highest BCUT2D eigenvalue weighted by molar-refractivity contribution is 5.92. The molecule has 2 rings (SSSR count). The quantitative estimate of drug-likeness (QED) is 0.795. The van der Waals surface area contributed by atoms with Gasteiger partial charge in [0.15, 0.2) is 0 Å². The second-order valence-electron chi connectivity index (χ2n) is 4.94. The largest absolute Gasteiger partial charge is 0.347 e. The number of aryl methyl sites for hydroxylation is 1. The van der Waals surface area contributed by atoms with Gasteiger partial charge in [-0.25, -0.2) is 9.97 Å². The van der Waals surface area contributed by atoms with Gasteiger partial charge < -0.3 is 9.80 Å². The lowest BCUT2D eigenvalue weighted by Crippen LogP contribution is -2.36. The van der Waals surface area contributed by atoms with Crippen molar-refractivity contribution in [3.8, 4) is 0 Å². The summed E-state index contributed by atoms with van der Waals surface area (Å²) in [5, 5.41) is 0. The van der Waals surface area contributed by atoms with Gasteiger partial charge in [-0.2, -0.15) is 0 Å². The van der Waals surface area contributed by atoms with Crippen LogP contribution in [0.5, 0.6) is 0 Å². The van der Waals surface area contributed by atoms with Crippen molar-refractivity contribution in [3.63, 3.8) is 0 Å². The van der Waals surface area contributed by atoms with Crippen molar-refractivity contribution < 1.29 is 4.79 Å². The third-order valence-electron chi connectivity index (χ3n) is 3.10. The molecule has 1 aromatic rings. The minimum Gasteiger partial charge on any atom is -0.347 e. The van der Waals surface area contributed by atoms with E-state index in [0.717, 1.165) is 31.6 Å². The van der Waals surface area contributed by atoms with Gasteiger partial charge in [0.1, 0.15) is 5.69 Å². The molecule has 98 valence electrons. The van der Waals surface area contributed by atoms with Gasteiger partial charge in [0.2, 0.25) is 5.95 Å². The van der Waals surface area contributed by atoms with Gasteiger partial charge in [-0.05, 0) is 32.3 Å². The number of hydrogen-bond acceptors (Lipinski definition) is 4. The number of amides is 1. The highest BCUT2D eigenvalue weighted by Gasteiger charge is 2.20. The van der Waals surface area contributed by atoms with E-state index >= 15 is 0 Å². The summed E-state index contributed by atoms with van der Waals surface area (Å²) >= 11 is 0. The molecular formula is C13H20N4O. The first-order valence-electron chi connectivity index (χ1n) is 6.40. The van der Waals surface area contributed by atoms with E-state index in [-0.39, 0.29) is 5.91 Å². The van der Waals surface area contributed by atoms with Crippen LogP contribution in [0.2, 0.25) is 0 Å². The zero-order valence-electron chi connectivity index (χ0n) is 11.3. The number of hydrogen-bond donors (Lipinski definition) is 0. The topological polar surface area (TPSA) is 49.3 Å². The molecule has 1 saturated heterocycles. The first-order chi connectivity index (χ1) is 8.58. The van der Waals surface area contributed by atoms with Crippen molar-refractivity contribution in [1.82, 2.24) is 14.9 Å². The first-order valence-corrected chi connectivity index (χ1v) is 6.40. The van der Waals surface area contributed by atoms with Gasteiger partial charge in [0.05, 0.1) is 0 Å². The van der Waals surface area contributed by atoms with Crippen LogP contribution in [0.1, 0.15) is 35.4 Å². The van der Waals surface area contributed by atoms with E-state index in [0.29, 0.717) is 11.6 Å². The van der Waals surface area contributed by atoms with Crippen LogP contribution in [0, 0.1) is 6.92 Å². The smallest absolute Gasteiger partial charge is 0.272 e. The number of nitrogens with zero attached hydrogens (tertiary/aromatic N) is 4. The molecule has 0 radical (unpaired) electrons. The molecule has 1 aliphatic heterocycles. The van der Waals surface area contributed by atoms with Crippen molar-refractivity contribution >= 4 is 11.9 Å². The maximum atomic E-state index is 12.3. The lowest BCUT2D eigenvalue weighted by molar-refractivity contribution is 0.0718. The Balaban J connectivity index is 2.23. The molecule has 0 bridgehead atoms. The number of likely N-dealkylation sites (tertiary alicyclic amines) is 1. The van der Waals surface area contributed by atoms with Crippen LogP contribution in [-0.2, 0) is 0 Å². The standard InChI is InChI=1S/C13H20N4O/c1-10-9-11(15-13(14-10)16(2)3)12(18)17-7-5-4-6-8-17/h9H,4-8H2,1-3H3. The number of anilines is 1. The van der Waals surface area contributed by atoms with E-state index in [9.17, 15) is 4.79 Å². The molecule has 0 atom stereocenters. The van der Waals surface area contributed by atoms with E-state index in [1.165, 1.54) is 6.42 Å². The monoisotopic (exact) mass is 248 g/mol. The zero-order chi connectivity index (χ0) is 13.1. The van der Waals surface area contributed by atoms with Crippen LogP contribution in [0.4, 0.5) is 5.95 Å². The van der Waals surface area contributed by atoms with E-state index in [1.54, 1.807) is 6.07 Å². The molecule has 1 aliphatic rings. The predicted octanol–water partition coefficient (Wildman–Crippen LogP) is 1.48. The molecule has 5 nitrogen and oxygen atoms in total. The Morgan fingerprint density at radius 3 is 2.50 bits per heavy atom. The Morgan fingerprint density at radius 1 is 1.22 bits per heavy atom. The minimum absolute atomic E-state index is 0.0308. The molecule has 0 unspecified atom stereocenters. The molecule has 2 heterocycles. The summed E-state index contributed by atoms with van der Waals surface area (Å²) in [4.78, 5) is 24.7. The van der Waals surface area contributed by atoms with Crippen LogP contribution in [-0.4, -0.2) is 48.0 Å². The average molecular weight is 248 g/mol. The van der Waals surface area contributed by atoms with Gasteiger partial charge in [0, 0.05) is 32.9 Å². The van der Waals surface area contributed by atoms with Gasteiger partial charge in [-0.3, -0.25) is 4.79 Å². The molecule has 0 spiro atoms. The maximum Gasteiger partial charge on any atom is 0.272 e. The van der Waals surface area contributed by atoms with Crippen LogP contribution < -0.4 is 4.90 Å². The molecule has 0 aliphatic carbocycles. The van der Waals surface area contributed by atoms with Gasteiger partial charge >= 0.3 is 0 Å². The number of carbonyl (C=O) groups is 1. The van der Waals surface area contributed by atoms with Gasteiger partial charge in [0.25, 0.3) is 5.91 Å². The number of piperidine rings is 1. The third kappa shape index (κ3) is 2.78. The lowest BCUT2D eigenvalue weighted by Gasteiger charge is -2.26. The van der Waals surface area contributed by atoms with Gasteiger partial charge in [-0.15, -0.1) is 0 Å². The van der Waals surface area contributed by atoms with E-state index in [1.807, 2.05) is 30.8 Å². The van der Waals surface area contributed by atoms with E-state index in [4.69, 9.17) is 0 Å². The first kappa shape index (κ1) is 12.8. The zero-order valence-corrected chi connectivity index (χ0v) is 11.3. The molecule has 0 N–H and O–H groups in total. The fourth-order valence-corrected chi connectivity index (χ4v) is 2.12. The fourth-order valence-electron chi connectivity index (χ4n) is 2.12. The van der Waals surface area contributed by atoms with Crippen LogP contribution in [0.3, 0.4) is 0 Å². The molecule has 0 aromatic carbocycles. The molecule has 1 aromatic heterocycles. The van der Waals surface area contributed by atoms with Crippen molar-refractivity contribution in [2.75, 3.05) is 32.1 Å². The number of aromatic nitrogens is 2. The fraction of sp³-hybridized carbons (Fsp3) is 0.615. The Morgan fingerprint density at radius 2 is 1.89 bits per heavy atom. The number of carbonyl (C=O) groups excluding carboxylic acids is 1. The molecular weight excluding hydrogens is 228 g/mol. The minimum atomic E-state index is 0.0308. The Kier molecular flexibility index (Phi) is 3.79. The van der Waals surface area contributed by atoms with Crippen LogP contribution in [0.25, 0.3) is 0 Å². The third-order valence-corrected chi connectivity index (χ3v) is 3.10. The highest BCUT2D eigenvalue weighted by Crippen LogP contribution is 2.14. The van der Waals surface area contributed by atoms with Crippen molar-refractivity contribution in [1.29, 1.82) is 0 Å². The second-order valence-corrected chi connectivity index (χ2v) is 4.94. The summed E-state index contributed by atoms with van der Waals surface area (Å²) in [7, 11) is 3.76. The average Bonchev–Trinajstić information content (AvgIpc) is 2.38. The summed E-state index contributed by atoms with van der Waals surface area (Å²) in [5.41, 5.74) is 1.34. The van der Waals surface area contributed by atoms with E-state index in [2.05, 4.69) is 9.97 Å². The maximum absolute atomic E-state index is 12.3. The van der Waals surface area contributed by atoms with Crippen molar-refractivity contribution in [2.24, 2.45) is 0 Å². The predicted molar refractivity (Wildman–Crippen MR) is 70.9 cm³/mol. The Bertz CT molecular complexity index is 439. The van der Waals surface area contributed by atoms with Crippen LogP contribution >= 0.6 is 0 Å². The molecule has 18 heavy (non-hydrogen) atoms. The second kappa shape index (κ2) is 5.33. The summed E-state index contributed by atoms with van der Waals surface area (Å²) in [5.74, 6) is 0.624. The molecule has 0 saturated carbocycles. The summed E-state index contributed by atoms with van der Waals surface area (Å²) in [6.07, 6.45) is 3.40. The van der Waals surface area contributed by atoms with Gasteiger partial charge in [-0.1, -0.05) is 0 Å². The lowest BCUT2D eigenvalue weighted by atomic mass is 10.1. The van der Waals surface area contributed by atoms with Crippen molar-refractivity contribution in [2.45, 2.75) is 26.2 Å². The van der Waals surface area contributed by atoms with E-state index < -0.39 is 0 Å². The Labute approximate surface area is 108 Å². The summed E-state index contributed by atoms with van der Waals surface area (Å²) in [6, 6.07) is 1.77.